The summed E-state index contributed by atoms with van der Waals surface area (Å²) in [6.45, 7) is 10.2. The van der Waals surface area contributed by atoms with Gasteiger partial charge >= 0.3 is 0 Å². The molecule has 1 N–H and O–H groups in total. The highest BCUT2D eigenvalue weighted by Gasteiger charge is 2.18. The molecule has 5 nitrogen and oxygen atoms in total. The van der Waals surface area contributed by atoms with Gasteiger partial charge in [-0.05, 0) is 18.9 Å². The van der Waals surface area contributed by atoms with Crippen LogP contribution in [0.15, 0.2) is 42.5 Å². The molecule has 2 aromatic rings. The maximum atomic E-state index is 4.73. The fourth-order valence-corrected chi connectivity index (χ4v) is 3.21. The molecule has 1 aromatic carbocycles. The molecule has 1 saturated heterocycles. The van der Waals surface area contributed by atoms with Crippen molar-refractivity contribution in [2.45, 2.75) is 26.7 Å². The van der Waals surface area contributed by atoms with E-state index in [-0.39, 0.29) is 0 Å². The van der Waals surface area contributed by atoms with E-state index in [9.17, 15) is 0 Å². The maximum Gasteiger partial charge on any atom is 0.227 e. The lowest BCUT2D eigenvalue weighted by molar-refractivity contribution is 0.283. The Hall–Kier alpha value is -2.40. The molecule has 0 spiro atoms. The Morgan fingerprint density at radius 3 is 2.59 bits per heavy atom. The van der Waals surface area contributed by atoms with Gasteiger partial charge in [-0.15, -0.1) is 0 Å². The van der Waals surface area contributed by atoms with Gasteiger partial charge < -0.3 is 10.2 Å². The average Bonchev–Trinajstić information content (AvgIpc) is 2.69. The van der Waals surface area contributed by atoms with E-state index in [4.69, 9.17) is 4.98 Å². The number of anilines is 2. The summed E-state index contributed by atoms with van der Waals surface area (Å²) in [7, 11) is 0. The number of benzene rings is 1. The zero-order valence-electron chi connectivity index (χ0n) is 16.6. The second kappa shape index (κ2) is 10.1. The summed E-state index contributed by atoms with van der Waals surface area (Å²) in [4.78, 5) is 14.2. The summed E-state index contributed by atoms with van der Waals surface area (Å²) >= 11 is 0. The van der Waals surface area contributed by atoms with E-state index in [1.807, 2.05) is 13.0 Å². The van der Waals surface area contributed by atoms with Gasteiger partial charge in [0.05, 0.1) is 0 Å². The molecule has 1 aliphatic heterocycles. The number of nitrogens with one attached hydrogen (secondary N) is 1. The first kappa shape index (κ1) is 19.4. The summed E-state index contributed by atoms with van der Waals surface area (Å²) in [5.74, 6) is 1.80. The van der Waals surface area contributed by atoms with Crippen molar-refractivity contribution in [3.63, 3.8) is 0 Å². The van der Waals surface area contributed by atoms with Crippen LogP contribution in [-0.2, 0) is 0 Å². The fraction of sp³-hybridized carbons (Fsp3) is 0.455. The van der Waals surface area contributed by atoms with Gasteiger partial charge in [-0.2, -0.15) is 4.98 Å². The summed E-state index contributed by atoms with van der Waals surface area (Å²) < 4.78 is 0. The normalized spacial score (nSPS) is 15.4. The minimum Gasteiger partial charge on any atom is -0.370 e. The molecule has 1 aromatic heterocycles. The highest BCUT2D eigenvalue weighted by molar-refractivity contribution is 5.49. The Morgan fingerprint density at radius 2 is 1.85 bits per heavy atom. The Kier molecular flexibility index (Phi) is 7.22. The summed E-state index contributed by atoms with van der Waals surface area (Å²) in [5, 5.41) is 3.42. The third-order valence-corrected chi connectivity index (χ3v) is 4.81. The first-order valence-electron chi connectivity index (χ1n) is 10.0. The van der Waals surface area contributed by atoms with Gasteiger partial charge in [0.1, 0.15) is 5.82 Å². The molecule has 144 valence electrons. The van der Waals surface area contributed by atoms with Crippen LogP contribution >= 0.6 is 0 Å². The smallest absolute Gasteiger partial charge is 0.227 e. The molecular formula is C22H31N5. The molecule has 0 amide bonds. The molecule has 3 rings (SSSR count). The Balaban J connectivity index is 1.50. The summed E-state index contributed by atoms with van der Waals surface area (Å²) in [5.41, 5.74) is 2.28. The van der Waals surface area contributed by atoms with Crippen molar-refractivity contribution in [1.29, 1.82) is 0 Å². The van der Waals surface area contributed by atoms with Crippen LogP contribution in [-0.4, -0.2) is 54.1 Å². The number of hydrogen-bond donors (Lipinski definition) is 1. The zero-order valence-corrected chi connectivity index (χ0v) is 16.6. The van der Waals surface area contributed by atoms with E-state index in [2.05, 4.69) is 69.5 Å². The van der Waals surface area contributed by atoms with Gasteiger partial charge in [0.2, 0.25) is 5.95 Å². The molecule has 0 radical (unpaired) electrons. The SMILES string of the molecule is CCCCNc1cc(C)nc(N2CCN(C/C=C/c3ccccc3)CC2)n1. The largest absolute Gasteiger partial charge is 0.370 e. The monoisotopic (exact) mass is 365 g/mol. The number of unbranched alkanes of at least 4 members (excludes halogenated alkanes) is 1. The number of nitrogens with zero attached hydrogens (tertiary/aromatic N) is 4. The first-order chi connectivity index (χ1) is 13.2. The number of hydrogen-bond acceptors (Lipinski definition) is 5. The van der Waals surface area contributed by atoms with Gasteiger partial charge in [-0.3, -0.25) is 4.90 Å². The van der Waals surface area contributed by atoms with Crippen molar-refractivity contribution in [3.05, 3.63) is 53.7 Å². The molecule has 0 aliphatic carbocycles. The maximum absolute atomic E-state index is 4.73. The van der Waals surface area contributed by atoms with Crippen molar-refractivity contribution in [1.82, 2.24) is 14.9 Å². The predicted molar refractivity (Wildman–Crippen MR) is 114 cm³/mol. The predicted octanol–water partition coefficient (Wildman–Crippen LogP) is 3.83. The lowest BCUT2D eigenvalue weighted by Crippen LogP contribution is -2.47. The zero-order chi connectivity index (χ0) is 18.9. The van der Waals surface area contributed by atoms with Crippen molar-refractivity contribution in [3.8, 4) is 0 Å². The molecule has 1 fully saturated rings. The third kappa shape index (κ3) is 6.07. The van der Waals surface area contributed by atoms with Crippen LogP contribution in [0.2, 0.25) is 0 Å². The van der Waals surface area contributed by atoms with E-state index < -0.39 is 0 Å². The summed E-state index contributed by atoms with van der Waals surface area (Å²) in [6, 6.07) is 12.5. The number of piperazine rings is 1. The average molecular weight is 366 g/mol. The fourth-order valence-electron chi connectivity index (χ4n) is 3.21. The highest BCUT2D eigenvalue weighted by Crippen LogP contribution is 2.16. The van der Waals surface area contributed by atoms with Crippen molar-refractivity contribution >= 4 is 17.8 Å². The first-order valence-corrected chi connectivity index (χ1v) is 10.0. The Labute approximate surface area is 163 Å². The number of aryl methyl sites for hydroxylation is 1. The van der Waals surface area contributed by atoms with E-state index in [0.717, 1.165) is 63.1 Å². The van der Waals surface area contributed by atoms with Crippen LogP contribution in [0.1, 0.15) is 31.0 Å². The number of aromatic nitrogens is 2. The third-order valence-electron chi connectivity index (χ3n) is 4.81. The van der Waals surface area contributed by atoms with E-state index >= 15 is 0 Å². The minimum absolute atomic E-state index is 0.855. The molecule has 1 aliphatic rings. The Bertz CT molecular complexity index is 721. The molecule has 5 heteroatoms. The second-order valence-electron chi connectivity index (χ2n) is 7.08. The molecule has 0 atom stereocenters. The van der Waals surface area contributed by atoms with Crippen LogP contribution in [0.25, 0.3) is 6.08 Å². The van der Waals surface area contributed by atoms with Crippen LogP contribution in [0.5, 0.6) is 0 Å². The van der Waals surface area contributed by atoms with Crippen LogP contribution in [0.3, 0.4) is 0 Å². The molecule has 0 saturated carbocycles. The Morgan fingerprint density at radius 1 is 1.07 bits per heavy atom. The highest BCUT2D eigenvalue weighted by atomic mass is 15.3. The molecule has 27 heavy (non-hydrogen) atoms. The number of rotatable bonds is 8. The van der Waals surface area contributed by atoms with Crippen molar-refractivity contribution in [2.24, 2.45) is 0 Å². The molecular weight excluding hydrogens is 334 g/mol. The lowest BCUT2D eigenvalue weighted by atomic mass is 10.2. The second-order valence-corrected chi connectivity index (χ2v) is 7.08. The van der Waals surface area contributed by atoms with E-state index in [1.54, 1.807) is 0 Å². The van der Waals surface area contributed by atoms with Gasteiger partial charge in [0, 0.05) is 51.0 Å². The minimum atomic E-state index is 0.855. The van der Waals surface area contributed by atoms with Crippen LogP contribution < -0.4 is 10.2 Å². The van der Waals surface area contributed by atoms with Crippen molar-refractivity contribution in [2.75, 3.05) is 49.5 Å². The van der Waals surface area contributed by atoms with Gasteiger partial charge in [0.25, 0.3) is 0 Å². The van der Waals surface area contributed by atoms with Gasteiger partial charge in [-0.1, -0.05) is 55.8 Å². The summed E-state index contributed by atoms with van der Waals surface area (Å²) in [6.07, 6.45) is 6.80. The quantitative estimate of drug-likeness (QED) is 0.720. The van der Waals surface area contributed by atoms with Gasteiger partial charge in [-0.25, -0.2) is 4.98 Å². The van der Waals surface area contributed by atoms with E-state index in [0.29, 0.717) is 0 Å². The molecule has 0 bridgehead atoms. The molecule has 0 unspecified atom stereocenters. The van der Waals surface area contributed by atoms with Crippen molar-refractivity contribution < 1.29 is 0 Å². The lowest BCUT2D eigenvalue weighted by Gasteiger charge is -2.34. The van der Waals surface area contributed by atoms with Crippen LogP contribution in [0.4, 0.5) is 11.8 Å². The standard InChI is InChI=1S/C22H31N5/c1-3-4-12-23-21-18-19(2)24-22(25-21)27-16-14-26(15-17-27)13-8-11-20-9-6-5-7-10-20/h5-11,18H,3-4,12-17H2,1-2H3,(H,23,24,25)/b11-8+. The van der Waals surface area contributed by atoms with Crippen LogP contribution in [0, 0.1) is 6.92 Å². The molecule has 2 heterocycles. The van der Waals surface area contributed by atoms with E-state index in [1.165, 1.54) is 12.0 Å². The van der Waals surface area contributed by atoms with Gasteiger partial charge in [0.15, 0.2) is 0 Å². The topological polar surface area (TPSA) is 44.3 Å².